The summed E-state index contributed by atoms with van der Waals surface area (Å²) in [6.07, 6.45) is 6.32. The Morgan fingerprint density at radius 1 is 1.12 bits per heavy atom. The van der Waals surface area contributed by atoms with E-state index < -0.39 is 6.10 Å². The molecule has 1 fully saturated rings. The number of ether oxygens (including phenoxy) is 2. The van der Waals surface area contributed by atoms with Crippen molar-refractivity contribution in [1.82, 2.24) is 20.4 Å². The number of carbonyl (C=O) groups excluding carboxylic acids is 1. The van der Waals surface area contributed by atoms with E-state index in [-0.39, 0.29) is 5.91 Å². The highest BCUT2D eigenvalue weighted by atomic mass is 32.1. The van der Waals surface area contributed by atoms with Gasteiger partial charge in [0.1, 0.15) is 10.8 Å². The van der Waals surface area contributed by atoms with Crippen LogP contribution in [0.2, 0.25) is 0 Å². The van der Waals surface area contributed by atoms with Crippen molar-refractivity contribution in [2.75, 3.05) is 19.5 Å². The van der Waals surface area contributed by atoms with Gasteiger partial charge in [-0.15, -0.1) is 10.2 Å². The first-order chi connectivity index (χ1) is 15.7. The molecular formula is C23H27N5O3S. The maximum absolute atomic E-state index is 12.8. The predicted molar refractivity (Wildman–Crippen MR) is 122 cm³/mol. The predicted octanol–water partition coefficient (Wildman–Crippen LogP) is 4.18. The minimum Gasteiger partial charge on any atom is -0.497 e. The highest BCUT2D eigenvalue weighted by molar-refractivity contribution is 7.15. The van der Waals surface area contributed by atoms with E-state index in [9.17, 15) is 4.79 Å². The molecular weight excluding hydrogens is 426 g/mol. The molecule has 0 unspecified atom stereocenters. The van der Waals surface area contributed by atoms with E-state index in [1.165, 1.54) is 18.4 Å². The number of hydrogen-bond donors (Lipinski definition) is 1. The number of aromatic nitrogens is 4. The molecule has 1 aliphatic carbocycles. The summed E-state index contributed by atoms with van der Waals surface area (Å²) in [5.74, 6) is 1.45. The van der Waals surface area contributed by atoms with Crippen LogP contribution in [0.1, 0.15) is 54.0 Å². The second-order valence-corrected chi connectivity index (χ2v) is 9.01. The van der Waals surface area contributed by atoms with Gasteiger partial charge in [0.05, 0.1) is 12.8 Å². The number of nitrogens with one attached hydrogen (secondary N) is 1. The van der Waals surface area contributed by atoms with Crippen molar-refractivity contribution in [3.8, 4) is 5.75 Å². The van der Waals surface area contributed by atoms with Crippen LogP contribution in [0.15, 0.2) is 42.6 Å². The molecule has 32 heavy (non-hydrogen) atoms. The lowest BCUT2D eigenvalue weighted by atomic mass is 9.79. The van der Waals surface area contributed by atoms with Crippen molar-refractivity contribution in [2.24, 2.45) is 5.92 Å². The van der Waals surface area contributed by atoms with Crippen molar-refractivity contribution in [2.45, 2.75) is 44.1 Å². The Hall–Kier alpha value is -2.91. The van der Waals surface area contributed by atoms with Gasteiger partial charge >= 0.3 is 0 Å². The number of rotatable bonds is 8. The van der Waals surface area contributed by atoms with Crippen molar-refractivity contribution in [3.63, 3.8) is 0 Å². The van der Waals surface area contributed by atoms with E-state index in [0.717, 1.165) is 42.8 Å². The molecule has 0 saturated heterocycles. The van der Waals surface area contributed by atoms with Crippen LogP contribution >= 0.6 is 11.3 Å². The molecule has 168 valence electrons. The fraction of sp³-hybridized carbons (Fsp3) is 0.435. The SMILES string of the molecule is COc1cccc([C@H](OC)C(=O)Nc2nnc(CC3CCC(c4cccnn4)CC3)s2)c1. The van der Waals surface area contributed by atoms with Gasteiger partial charge in [-0.1, -0.05) is 23.5 Å². The Morgan fingerprint density at radius 3 is 2.69 bits per heavy atom. The zero-order chi connectivity index (χ0) is 22.3. The van der Waals surface area contributed by atoms with Gasteiger partial charge in [0.2, 0.25) is 5.13 Å². The second kappa shape index (κ2) is 10.6. The third kappa shape index (κ3) is 5.46. The Labute approximate surface area is 191 Å². The van der Waals surface area contributed by atoms with E-state index in [4.69, 9.17) is 9.47 Å². The van der Waals surface area contributed by atoms with Gasteiger partial charge in [0.15, 0.2) is 6.10 Å². The highest BCUT2D eigenvalue weighted by Gasteiger charge is 2.25. The average Bonchev–Trinajstić information content (AvgIpc) is 3.27. The number of benzene rings is 1. The molecule has 0 radical (unpaired) electrons. The van der Waals surface area contributed by atoms with Crippen LogP contribution in [0, 0.1) is 5.92 Å². The summed E-state index contributed by atoms with van der Waals surface area (Å²) < 4.78 is 10.7. The number of hydrogen-bond acceptors (Lipinski definition) is 8. The molecule has 2 heterocycles. The van der Waals surface area contributed by atoms with Crippen LogP contribution in [0.3, 0.4) is 0 Å². The van der Waals surface area contributed by atoms with Crippen LogP contribution in [0.5, 0.6) is 5.75 Å². The van der Waals surface area contributed by atoms with Crippen LogP contribution in [-0.4, -0.2) is 40.5 Å². The lowest BCUT2D eigenvalue weighted by Gasteiger charge is -2.27. The molecule has 9 heteroatoms. The largest absolute Gasteiger partial charge is 0.497 e. The van der Waals surface area contributed by atoms with E-state index in [0.29, 0.717) is 28.3 Å². The van der Waals surface area contributed by atoms with E-state index in [2.05, 4.69) is 31.8 Å². The number of nitrogens with zero attached hydrogens (tertiary/aromatic N) is 4. The number of amides is 1. The summed E-state index contributed by atoms with van der Waals surface area (Å²) in [7, 11) is 3.10. The lowest BCUT2D eigenvalue weighted by Crippen LogP contribution is -2.22. The first kappa shape index (κ1) is 22.3. The summed E-state index contributed by atoms with van der Waals surface area (Å²) >= 11 is 1.43. The summed E-state index contributed by atoms with van der Waals surface area (Å²) in [6, 6.07) is 11.3. The van der Waals surface area contributed by atoms with Crippen LogP contribution in [-0.2, 0) is 16.0 Å². The molecule has 0 bridgehead atoms. The maximum atomic E-state index is 12.8. The van der Waals surface area contributed by atoms with E-state index in [1.54, 1.807) is 19.4 Å². The van der Waals surface area contributed by atoms with Gasteiger partial charge in [-0.3, -0.25) is 10.1 Å². The van der Waals surface area contributed by atoms with Crippen LogP contribution < -0.4 is 10.1 Å². The van der Waals surface area contributed by atoms with Crippen molar-refractivity contribution in [3.05, 3.63) is 58.9 Å². The summed E-state index contributed by atoms with van der Waals surface area (Å²) in [5.41, 5.74) is 1.81. The molecule has 1 aromatic carbocycles. The van der Waals surface area contributed by atoms with Gasteiger partial charge < -0.3 is 9.47 Å². The monoisotopic (exact) mass is 453 g/mol. The van der Waals surface area contributed by atoms with E-state index >= 15 is 0 Å². The average molecular weight is 454 g/mol. The van der Waals surface area contributed by atoms with Gasteiger partial charge in [0, 0.05) is 25.6 Å². The van der Waals surface area contributed by atoms with Crippen molar-refractivity contribution in [1.29, 1.82) is 0 Å². The van der Waals surface area contributed by atoms with Gasteiger partial charge in [-0.05, 0) is 61.4 Å². The molecule has 0 aliphatic heterocycles. The molecule has 1 atom stereocenters. The lowest BCUT2D eigenvalue weighted by molar-refractivity contribution is -0.126. The van der Waals surface area contributed by atoms with Crippen LogP contribution in [0.4, 0.5) is 5.13 Å². The first-order valence-electron chi connectivity index (χ1n) is 10.7. The fourth-order valence-electron chi connectivity index (χ4n) is 4.20. The molecule has 2 aromatic heterocycles. The van der Waals surface area contributed by atoms with Gasteiger partial charge in [-0.2, -0.15) is 10.2 Å². The minimum absolute atomic E-state index is 0.284. The molecule has 1 N–H and O–H groups in total. The Kier molecular flexibility index (Phi) is 7.39. The normalized spacial score (nSPS) is 19.3. The molecule has 0 spiro atoms. The minimum atomic E-state index is -0.756. The topological polar surface area (TPSA) is 99.1 Å². The quantitative estimate of drug-likeness (QED) is 0.546. The second-order valence-electron chi connectivity index (χ2n) is 7.95. The first-order valence-corrected chi connectivity index (χ1v) is 11.6. The van der Waals surface area contributed by atoms with Crippen molar-refractivity contribution < 1.29 is 14.3 Å². The molecule has 4 rings (SSSR count). The molecule has 3 aromatic rings. The fourth-order valence-corrected chi connectivity index (χ4v) is 5.05. The third-order valence-corrected chi connectivity index (χ3v) is 6.75. The van der Waals surface area contributed by atoms with Crippen molar-refractivity contribution >= 4 is 22.4 Å². The van der Waals surface area contributed by atoms with Crippen LogP contribution in [0.25, 0.3) is 0 Å². The zero-order valence-electron chi connectivity index (χ0n) is 18.2. The summed E-state index contributed by atoms with van der Waals surface area (Å²) in [5, 5.41) is 21.0. The summed E-state index contributed by atoms with van der Waals surface area (Å²) in [4.78, 5) is 12.8. The molecule has 1 aliphatic rings. The smallest absolute Gasteiger partial charge is 0.259 e. The number of anilines is 1. The van der Waals surface area contributed by atoms with Gasteiger partial charge in [0.25, 0.3) is 5.91 Å². The molecule has 1 amide bonds. The molecule has 1 saturated carbocycles. The maximum Gasteiger partial charge on any atom is 0.259 e. The summed E-state index contributed by atoms with van der Waals surface area (Å²) in [6.45, 7) is 0. The number of methoxy groups -OCH3 is 2. The number of carbonyl (C=O) groups is 1. The Morgan fingerprint density at radius 2 is 1.97 bits per heavy atom. The highest BCUT2D eigenvalue weighted by Crippen LogP contribution is 2.36. The Bertz CT molecular complexity index is 1020. The standard InChI is InChI=1S/C23H27N5O3S/c1-30-18-6-3-5-17(14-18)21(31-2)22(29)25-23-28-27-20(32-23)13-15-8-10-16(11-9-15)19-7-4-12-24-26-19/h3-7,12,14-16,21H,8-11,13H2,1-2H3,(H,25,28,29)/t15?,16?,21-/m0/s1. The van der Waals surface area contributed by atoms with Gasteiger partial charge in [-0.25, -0.2) is 0 Å². The van der Waals surface area contributed by atoms with E-state index in [1.807, 2.05) is 24.3 Å². The zero-order valence-corrected chi connectivity index (χ0v) is 19.0. The third-order valence-electron chi connectivity index (χ3n) is 5.89. The Balaban J connectivity index is 1.31. The molecule has 8 nitrogen and oxygen atoms in total.